The summed E-state index contributed by atoms with van der Waals surface area (Å²) in [6.07, 6.45) is 1.98. The van der Waals surface area contributed by atoms with Gasteiger partial charge in [0, 0.05) is 0 Å². The second kappa shape index (κ2) is 8.13. The van der Waals surface area contributed by atoms with Crippen molar-refractivity contribution in [3.05, 3.63) is 60.2 Å². The Morgan fingerprint density at radius 3 is 2.22 bits per heavy atom. The molecule has 0 bridgehead atoms. The molecular weight excluding hydrogens is 364 g/mol. The normalized spacial score (nSPS) is 16.0. The molecule has 1 fully saturated rings. The Labute approximate surface area is 160 Å². The number of hydrogen-bond acceptors (Lipinski definition) is 5. The van der Waals surface area contributed by atoms with Gasteiger partial charge in [0.1, 0.15) is 19.0 Å². The van der Waals surface area contributed by atoms with Crippen LogP contribution >= 0.6 is 0 Å². The predicted octanol–water partition coefficient (Wildman–Crippen LogP) is 3.70. The maximum Gasteiger partial charge on any atom is 0.327 e. The fourth-order valence-electron chi connectivity index (χ4n) is 3.41. The number of benzene rings is 2. The molecule has 6 heteroatoms. The van der Waals surface area contributed by atoms with Crippen molar-refractivity contribution < 1.29 is 22.7 Å². The minimum atomic E-state index is -3.81. The third-order valence-electron chi connectivity index (χ3n) is 4.96. The van der Waals surface area contributed by atoms with E-state index in [1.54, 1.807) is 18.2 Å². The fraction of sp³-hybridized carbons (Fsp3) is 0.381. The summed E-state index contributed by atoms with van der Waals surface area (Å²) in [6, 6.07) is 15.7. The van der Waals surface area contributed by atoms with Crippen molar-refractivity contribution in [2.24, 2.45) is 0 Å². The van der Waals surface area contributed by atoms with Crippen LogP contribution in [0.4, 0.5) is 0 Å². The van der Waals surface area contributed by atoms with Crippen LogP contribution in [0.1, 0.15) is 31.2 Å². The topological polar surface area (TPSA) is 69.7 Å². The summed E-state index contributed by atoms with van der Waals surface area (Å²) >= 11 is 0. The van der Waals surface area contributed by atoms with Crippen LogP contribution in [0.3, 0.4) is 0 Å². The lowest BCUT2D eigenvalue weighted by Gasteiger charge is -2.26. The highest BCUT2D eigenvalue weighted by Gasteiger charge is 2.54. The Morgan fingerprint density at radius 2 is 1.59 bits per heavy atom. The van der Waals surface area contributed by atoms with Crippen molar-refractivity contribution in [1.29, 1.82) is 0 Å². The standard InChI is InChI=1S/C21H24O5S/c1-17-9-11-18(12-10-17)25-15-16-26-20(22)21(13-5-6-14-21)27(23,24)19-7-3-2-4-8-19/h2-4,7-12H,5-6,13-16H2,1H3. The van der Waals surface area contributed by atoms with Crippen LogP contribution in [0.15, 0.2) is 59.5 Å². The highest BCUT2D eigenvalue weighted by Crippen LogP contribution is 2.41. The van der Waals surface area contributed by atoms with Crippen LogP contribution in [-0.2, 0) is 19.4 Å². The molecule has 0 atom stereocenters. The molecule has 5 nitrogen and oxygen atoms in total. The Bertz CT molecular complexity index is 867. The Morgan fingerprint density at radius 1 is 0.963 bits per heavy atom. The Kier molecular flexibility index (Phi) is 5.85. The van der Waals surface area contributed by atoms with Crippen molar-refractivity contribution in [2.75, 3.05) is 13.2 Å². The van der Waals surface area contributed by atoms with Crippen LogP contribution in [0.5, 0.6) is 5.75 Å². The van der Waals surface area contributed by atoms with Crippen LogP contribution in [0, 0.1) is 6.92 Å². The molecule has 1 aliphatic carbocycles. The summed E-state index contributed by atoms with van der Waals surface area (Å²) in [5.41, 5.74) is 1.13. The van der Waals surface area contributed by atoms with E-state index in [-0.39, 0.29) is 18.1 Å². The number of aryl methyl sites for hydroxylation is 1. The first kappa shape index (κ1) is 19.4. The molecule has 0 heterocycles. The van der Waals surface area contributed by atoms with E-state index < -0.39 is 20.6 Å². The predicted molar refractivity (Wildman–Crippen MR) is 102 cm³/mol. The number of rotatable bonds is 7. The number of esters is 1. The molecule has 27 heavy (non-hydrogen) atoms. The van der Waals surface area contributed by atoms with Gasteiger partial charge in [0.25, 0.3) is 0 Å². The maximum atomic E-state index is 13.2. The van der Waals surface area contributed by atoms with E-state index in [2.05, 4.69) is 0 Å². The summed E-state index contributed by atoms with van der Waals surface area (Å²) in [5.74, 6) is 0.0143. The molecule has 0 saturated heterocycles. The lowest BCUT2D eigenvalue weighted by Crippen LogP contribution is -2.45. The van der Waals surface area contributed by atoms with Crippen molar-refractivity contribution >= 4 is 15.8 Å². The fourth-order valence-corrected chi connectivity index (χ4v) is 5.48. The minimum Gasteiger partial charge on any atom is -0.490 e. The van der Waals surface area contributed by atoms with Crippen molar-refractivity contribution in [3.8, 4) is 5.75 Å². The number of ether oxygens (including phenoxy) is 2. The molecule has 3 rings (SSSR count). The van der Waals surface area contributed by atoms with E-state index in [4.69, 9.17) is 9.47 Å². The monoisotopic (exact) mass is 388 g/mol. The molecular formula is C21H24O5S. The zero-order chi connectivity index (χ0) is 19.3. The zero-order valence-corrected chi connectivity index (χ0v) is 16.2. The van der Waals surface area contributed by atoms with Gasteiger partial charge in [-0.2, -0.15) is 0 Å². The van der Waals surface area contributed by atoms with Crippen LogP contribution < -0.4 is 4.74 Å². The molecule has 0 N–H and O–H groups in total. The molecule has 0 spiro atoms. The molecule has 1 saturated carbocycles. The van der Waals surface area contributed by atoms with Gasteiger partial charge in [0.15, 0.2) is 14.6 Å². The van der Waals surface area contributed by atoms with E-state index in [1.807, 2.05) is 31.2 Å². The average molecular weight is 388 g/mol. The summed E-state index contributed by atoms with van der Waals surface area (Å²) in [6.45, 7) is 2.18. The highest BCUT2D eigenvalue weighted by atomic mass is 32.2. The quantitative estimate of drug-likeness (QED) is 0.534. The van der Waals surface area contributed by atoms with Crippen LogP contribution in [0.25, 0.3) is 0 Å². The SMILES string of the molecule is Cc1ccc(OCCOC(=O)C2(S(=O)(=O)c3ccccc3)CCCC2)cc1. The molecule has 0 aromatic heterocycles. The smallest absolute Gasteiger partial charge is 0.327 e. The first-order chi connectivity index (χ1) is 13.0. The zero-order valence-electron chi connectivity index (χ0n) is 15.4. The van der Waals surface area contributed by atoms with E-state index in [1.165, 1.54) is 12.1 Å². The van der Waals surface area contributed by atoms with Gasteiger partial charge in [-0.25, -0.2) is 8.42 Å². The van der Waals surface area contributed by atoms with Gasteiger partial charge >= 0.3 is 5.97 Å². The molecule has 1 aliphatic rings. The molecule has 0 unspecified atom stereocenters. The number of sulfone groups is 1. The largest absolute Gasteiger partial charge is 0.490 e. The van der Waals surface area contributed by atoms with Crippen LogP contribution in [0.2, 0.25) is 0 Å². The number of hydrogen-bond donors (Lipinski definition) is 0. The summed E-state index contributed by atoms with van der Waals surface area (Å²) in [5, 5.41) is 0. The minimum absolute atomic E-state index is 0.0127. The third-order valence-corrected chi connectivity index (χ3v) is 7.45. The van der Waals surface area contributed by atoms with E-state index in [0.29, 0.717) is 31.4 Å². The van der Waals surface area contributed by atoms with Gasteiger partial charge in [-0.3, -0.25) is 4.79 Å². The Balaban J connectivity index is 1.66. The summed E-state index contributed by atoms with van der Waals surface area (Å²) in [7, 11) is -3.81. The number of carbonyl (C=O) groups excluding carboxylic acids is 1. The van der Waals surface area contributed by atoms with E-state index in [0.717, 1.165) is 5.56 Å². The molecule has 2 aromatic carbocycles. The summed E-state index contributed by atoms with van der Waals surface area (Å²) in [4.78, 5) is 13.0. The van der Waals surface area contributed by atoms with Gasteiger partial charge in [-0.1, -0.05) is 48.7 Å². The maximum absolute atomic E-state index is 13.2. The summed E-state index contributed by atoms with van der Waals surface area (Å²) < 4.78 is 35.7. The second-order valence-electron chi connectivity index (χ2n) is 6.82. The lowest BCUT2D eigenvalue weighted by atomic mass is 10.1. The molecule has 0 radical (unpaired) electrons. The van der Waals surface area contributed by atoms with Crippen molar-refractivity contribution in [1.82, 2.24) is 0 Å². The number of carbonyl (C=O) groups is 1. The van der Waals surface area contributed by atoms with Gasteiger partial charge in [-0.15, -0.1) is 0 Å². The van der Waals surface area contributed by atoms with E-state index >= 15 is 0 Å². The van der Waals surface area contributed by atoms with Crippen molar-refractivity contribution in [3.63, 3.8) is 0 Å². The average Bonchev–Trinajstić information content (AvgIpc) is 3.19. The second-order valence-corrected chi connectivity index (χ2v) is 9.08. The van der Waals surface area contributed by atoms with Crippen LogP contribution in [-0.4, -0.2) is 32.3 Å². The van der Waals surface area contributed by atoms with Gasteiger partial charge < -0.3 is 9.47 Å². The molecule has 144 valence electrons. The van der Waals surface area contributed by atoms with E-state index in [9.17, 15) is 13.2 Å². The highest BCUT2D eigenvalue weighted by molar-refractivity contribution is 7.93. The first-order valence-corrected chi connectivity index (χ1v) is 10.6. The lowest BCUT2D eigenvalue weighted by molar-refractivity contribution is -0.147. The van der Waals surface area contributed by atoms with Gasteiger partial charge in [0.05, 0.1) is 4.90 Å². The molecule has 0 aliphatic heterocycles. The molecule has 0 amide bonds. The third kappa shape index (κ3) is 4.00. The molecule has 2 aromatic rings. The Hall–Kier alpha value is -2.34. The van der Waals surface area contributed by atoms with Gasteiger partial charge in [0.2, 0.25) is 0 Å². The van der Waals surface area contributed by atoms with Gasteiger partial charge in [-0.05, 0) is 44.0 Å². The van der Waals surface area contributed by atoms with Crippen molar-refractivity contribution in [2.45, 2.75) is 42.2 Å². The first-order valence-electron chi connectivity index (χ1n) is 9.12.